The summed E-state index contributed by atoms with van der Waals surface area (Å²) in [5, 5.41) is 9.32. The Morgan fingerprint density at radius 3 is 2.33 bits per heavy atom. The van der Waals surface area contributed by atoms with Crippen LogP contribution in [0.5, 0.6) is 5.75 Å². The molecule has 1 aromatic carbocycles. The minimum atomic E-state index is -0.0706. The number of carbonyl (C=O) groups is 2. The van der Waals surface area contributed by atoms with Gasteiger partial charge in [-0.05, 0) is 59.1 Å². The minimum Gasteiger partial charge on any atom is -0.508 e. The average molecular weight is 391 g/mol. The van der Waals surface area contributed by atoms with Crippen LogP contribution in [0, 0.1) is 5.92 Å². The standard InChI is InChI=1S/C18H19BrN2O3/c1-20-11-14(19)10-16(20)18(24)21-8-6-13(7-9-21)17(23)12-2-4-15(22)5-3-12/h2-5,10-11,13,22H,6-9H2,1H3. The van der Waals surface area contributed by atoms with Crippen LogP contribution in [0.15, 0.2) is 41.0 Å². The lowest BCUT2D eigenvalue weighted by atomic mass is 9.89. The molecule has 0 bridgehead atoms. The molecule has 1 aromatic heterocycles. The maximum Gasteiger partial charge on any atom is 0.270 e. The van der Waals surface area contributed by atoms with E-state index in [9.17, 15) is 14.7 Å². The van der Waals surface area contributed by atoms with E-state index in [1.54, 1.807) is 16.7 Å². The first-order valence-corrected chi connectivity index (χ1v) is 8.69. The van der Waals surface area contributed by atoms with Crippen LogP contribution >= 0.6 is 15.9 Å². The van der Waals surface area contributed by atoms with Crippen LogP contribution in [-0.2, 0) is 7.05 Å². The lowest BCUT2D eigenvalue weighted by Gasteiger charge is -2.31. The number of aromatic nitrogens is 1. The van der Waals surface area contributed by atoms with E-state index in [4.69, 9.17) is 0 Å². The summed E-state index contributed by atoms with van der Waals surface area (Å²) < 4.78 is 2.69. The van der Waals surface area contributed by atoms with Gasteiger partial charge in [0.05, 0.1) is 0 Å². The molecule has 0 unspecified atom stereocenters. The van der Waals surface area contributed by atoms with Crippen LogP contribution in [0.3, 0.4) is 0 Å². The number of benzene rings is 1. The van der Waals surface area contributed by atoms with Gasteiger partial charge in [0, 0.05) is 42.3 Å². The molecule has 126 valence electrons. The van der Waals surface area contributed by atoms with Gasteiger partial charge in [0.15, 0.2) is 5.78 Å². The average Bonchev–Trinajstić information content (AvgIpc) is 2.93. The van der Waals surface area contributed by atoms with Crippen LogP contribution in [0.2, 0.25) is 0 Å². The number of rotatable bonds is 3. The predicted octanol–water partition coefficient (Wildman–Crippen LogP) is 3.23. The van der Waals surface area contributed by atoms with Crippen molar-refractivity contribution in [3.8, 4) is 5.75 Å². The fraction of sp³-hybridized carbons (Fsp3) is 0.333. The third-order valence-corrected chi connectivity index (χ3v) is 4.93. The first-order valence-electron chi connectivity index (χ1n) is 7.90. The number of piperidine rings is 1. The van der Waals surface area contributed by atoms with Crippen LogP contribution in [0.1, 0.15) is 33.7 Å². The number of amides is 1. The number of nitrogens with zero attached hydrogens (tertiary/aromatic N) is 2. The smallest absolute Gasteiger partial charge is 0.270 e. The van der Waals surface area contributed by atoms with Gasteiger partial charge in [0.2, 0.25) is 0 Å². The number of Topliss-reactive ketones (excluding diaryl/α,β-unsaturated/α-hetero) is 1. The largest absolute Gasteiger partial charge is 0.508 e. The highest BCUT2D eigenvalue weighted by Gasteiger charge is 2.29. The number of aromatic hydroxyl groups is 1. The molecule has 0 saturated carbocycles. The number of hydrogen-bond acceptors (Lipinski definition) is 3. The molecule has 0 radical (unpaired) electrons. The summed E-state index contributed by atoms with van der Waals surface area (Å²) in [6, 6.07) is 8.17. The van der Waals surface area contributed by atoms with Crippen LogP contribution in [0.4, 0.5) is 0 Å². The van der Waals surface area contributed by atoms with E-state index in [0.29, 0.717) is 37.2 Å². The topological polar surface area (TPSA) is 62.5 Å². The fourth-order valence-electron chi connectivity index (χ4n) is 3.10. The molecule has 2 heterocycles. The Balaban J connectivity index is 1.63. The number of halogens is 1. The highest BCUT2D eigenvalue weighted by Crippen LogP contribution is 2.24. The van der Waals surface area contributed by atoms with Crippen LogP contribution in [-0.4, -0.2) is 39.4 Å². The highest BCUT2D eigenvalue weighted by molar-refractivity contribution is 9.10. The summed E-state index contributed by atoms with van der Waals surface area (Å²) in [6.45, 7) is 1.16. The van der Waals surface area contributed by atoms with Crippen molar-refractivity contribution in [3.63, 3.8) is 0 Å². The number of phenols is 1. The van der Waals surface area contributed by atoms with Gasteiger partial charge >= 0.3 is 0 Å². The van der Waals surface area contributed by atoms with Gasteiger partial charge in [-0.2, -0.15) is 0 Å². The lowest BCUT2D eigenvalue weighted by Crippen LogP contribution is -2.40. The number of likely N-dealkylation sites (tertiary alicyclic amines) is 1. The zero-order valence-electron chi connectivity index (χ0n) is 13.4. The number of carbonyl (C=O) groups excluding carboxylic acids is 2. The molecule has 1 amide bonds. The second kappa shape index (κ2) is 6.81. The molecule has 24 heavy (non-hydrogen) atoms. The first-order chi connectivity index (χ1) is 11.5. The van der Waals surface area contributed by atoms with E-state index >= 15 is 0 Å². The molecule has 3 rings (SSSR count). The van der Waals surface area contributed by atoms with Gasteiger partial charge in [-0.1, -0.05) is 0 Å². The molecule has 0 atom stereocenters. The van der Waals surface area contributed by atoms with Crippen molar-refractivity contribution in [2.24, 2.45) is 13.0 Å². The van der Waals surface area contributed by atoms with E-state index in [1.807, 2.05) is 24.2 Å². The third-order valence-electron chi connectivity index (χ3n) is 4.50. The Kier molecular flexibility index (Phi) is 4.76. The molecule has 1 aliphatic heterocycles. The van der Waals surface area contributed by atoms with Gasteiger partial charge in [-0.3, -0.25) is 9.59 Å². The molecule has 1 saturated heterocycles. The summed E-state index contributed by atoms with van der Waals surface area (Å²) in [4.78, 5) is 26.9. The third kappa shape index (κ3) is 3.38. The minimum absolute atomic E-state index is 0.00117. The Hall–Kier alpha value is -2.08. The first kappa shape index (κ1) is 16.8. The second-order valence-electron chi connectivity index (χ2n) is 6.13. The van der Waals surface area contributed by atoms with Crippen LogP contribution in [0.25, 0.3) is 0 Å². The van der Waals surface area contributed by atoms with Gasteiger partial charge in [0.25, 0.3) is 5.91 Å². The zero-order valence-corrected chi connectivity index (χ0v) is 15.0. The van der Waals surface area contributed by atoms with Gasteiger partial charge in [-0.15, -0.1) is 0 Å². The van der Waals surface area contributed by atoms with Gasteiger partial charge in [-0.25, -0.2) is 0 Å². The van der Waals surface area contributed by atoms with Crippen molar-refractivity contribution in [2.75, 3.05) is 13.1 Å². The Bertz CT molecular complexity index is 759. The molecule has 2 aromatic rings. The predicted molar refractivity (Wildman–Crippen MR) is 94.2 cm³/mol. The molecular weight excluding hydrogens is 372 g/mol. The molecule has 1 fully saturated rings. The zero-order chi connectivity index (χ0) is 17.3. The summed E-state index contributed by atoms with van der Waals surface area (Å²) in [6.07, 6.45) is 3.18. The molecule has 1 N–H and O–H groups in total. The maximum atomic E-state index is 12.6. The normalized spacial score (nSPS) is 15.5. The Labute approximate surface area is 149 Å². The number of phenolic OH excluding ortho intramolecular Hbond substituents is 1. The lowest BCUT2D eigenvalue weighted by molar-refractivity contribution is 0.0642. The van der Waals surface area contributed by atoms with E-state index in [2.05, 4.69) is 15.9 Å². The highest BCUT2D eigenvalue weighted by atomic mass is 79.9. The molecule has 1 aliphatic rings. The summed E-state index contributed by atoms with van der Waals surface area (Å²) in [5.41, 5.74) is 1.26. The van der Waals surface area contributed by atoms with Gasteiger partial charge < -0.3 is 14.6 Å². The SMILES string of the molecule is Cn1cc(Br)cc1C(=O)N1CCC(C(=O)c2ccc(O)cc2)CC1. The summed E-state index contributed by atoms with van der Waals surface area (Å²) in [7, 11) is 1.85. The maximum absolute atomic E-state index is 12.6. The van der Waals surface area contributed by atoms with E-state index in [0.717, 1.165) is 4.47 Å². The number of hydrogen-bond donors (Lipinski definition) is 1. The summed E-state index contributed by atoms with van der Waals surface area (Å²) >= 11 is 3.38. The van der Waals surface area contributed by atoms with E-state index in [1.165, 1.54) is 12.1 Å². The molecular formula is C18H19BrN2O3. The quantitative estimate of drug-likeness (QED) is 0.818. The van der Waals surface area contributed by atoms with Crippen molar-refractivity contribution in [1.29, 1.82) is 0 Å². The van der Waals surface area contributed by atoms with E-state index < -0.39 is 0 Å². The van der Waals surface area contributed by atoms with Crippen molar-refractivity contribution in [2.45, 2.75) is 12.8 Å². The molecule has 5 nitrogen and oxygen atoms in total. The van der Waals surface area contributed by atoms with Crippen molar-refractivity contribution >= 4 is 27.6 Å². The number of aryl methyl sites for hydroxylation is 1. The van der Waals surface area contributed by atoms with Crippen molar-refractivity contribution < 1.29 is 14.7 Å². The summed E-state index contributed by atoms with van der Waals surface area (Å²) in [5.74, 6) is 0.168. The number of ketones is 1. The molecule has 6 heteroatoms. The molecule has 0 spiro atoms. The Morgan fingerprint density at radius 1 is 1.17 bits per heavy atom. The van der Waals surface area contributed by atoms with Crippen molar-refractivity contribution in [1.82, 2.24) is 9.47 Å². The van der Waals surface area contributed by atoms with Gasteiger partial charge in [0.1, 0.15) is 11.4 Å². The Morgan fingerprint density at radius 2 is 1.79 bits per heavy atom. The molecule has 0 aliphatic carbocycles. The van der Waals surface area contributed by atoms with Crippen LogP contribution < -0.4 is 0 Å². The fourth-order valence-corrected chi connectivity index (χ4v) is 3.63. The van der Waals surface area contributed by atoms with Crippen molar-refractivity contribution in [3.05, 3.63) is 52.3 Å². The van der Waals surface area contributed by atoms with E-state index in [-0.39, 0.29) is 23.4 Å². The second-order valence-corrected chi connectivity index (χ2v) is 7.05. The monoisotopic (exact) mass is 390 g/mol.